The Balaban J connectivity index is 2.78. The summed E-state index contributed by atoms with van der Waals surface area (Å²) in [6, 6.07) is 8.82. The lowest BCUT2D eigenvalue weighted by atomic mass is 10.0. The quantitative estimate of drug-likeness (QED) is 0.922. The van der Waals surface area contributed by atoms with E-state index in [-0.39, 0.29) is 28.3 Å². The lowest BCUT2D eigenvalue weighted by Gasteiger charge is -2.10. The molecule has 2 aromatic rings. The maximum Gasteiger partial charge on any atom is 0.267 e. The summed E-state index contributed by atoms with van der Waals surface area (Å²) in [6.45, 7) is 0. The van der Waals surface area contributed by atoms with Crippen LogP contribution in [0.4, 0.5) is 4.39 Å². The molecule has 0 fully saturated rings. The number of nitrogens with two attached hydrogens (primary N) is 1. The van der Waals surface area contributed by atoms with Gasteiger partial charge in [0, 0.05) is 0 Å². The van der Waals surface area contributed by atoms with Crippen molar-refractivity contribution in [2.45, 2.75) is 0 Å². The Morgan fingerprint density at radius 3 is 2.75 bits per heavy atom. The summed E-state index contributed by atoms with van der Waals surface area (Å²) in [7, 11) is 1.38. The second-order valence-electron chi connectivity index (χ2n) is 3.89. The van der Waals surface area contributed by atoms with Gasteiger partial charge < -0.3 is 10.5 Å². The molecule has 0 spiro atoms. The molecule has 0 aliphatic rings. The smallest absolute Gasteiger partial charge is 0.267 e. The largest absolute Gasteiger partial charge is 0.496 e. The minimum absolute atomic E-state index is 0.0228. The number of primary amides is 1. The highest BCUT2D eigenvalue weighted by atomic mass is 19.1. The second-order valence-corrected chi connectivity index (χ2v) is 3.89. The highest BCUT2D eigenvalue weighted by Gasteiger charge is 2.18. The molecule has 1 heterocycles. The first kappa shape index (κ1) is 13.5. The van der Waals surface area contributed by atoms with Crippen LogP contribution in [-0.4, -0.2) is 18.0 Å². The molecular weight excluding hydrogens is 261 g/mol. The first-order valence-electron chi connectivity index (χ1n) is 5.62. The van der Waals surface area contributed by atoms with Crippen molar-refractivity contribution < 1.29 is 13.9 Å². The highest BCUT2D eigenvalue weighted by Crippen LogP contribution is 2.33. The fraction of sp³-hybridized carbons (Fsp3) is 0.0714. The Labute approximate surface area is 114 Å². The zero-order chi connectivity index (χ0) is 14.7. The van der Waals surface area contributed by atoms with Gasteiger partial charge in [-0.15, -0.1) is 0 Å². The summed E-state index contributed by atoms with van der Waals surface area (Å²) in [6.07, 6.45) is 0. The molecule has 6 heteroatoms. The van der Waals surface area contributed by atoms with Gasteiger partial charge in [-0.1, -0.05) is 6.07 Å². The molecule has 0 aliphatic heterocycles. The summed E-state index contributed by atoms with van der Waals surface area (Å²) in [5.74, 6) is -1.14. The number of ether oxygens (including phenoxy) is 1. The molecule has 0 aliphatic carbocycles. The summed E-state index contributed by atoms with van der Waals surface area (Å²) in [5, 5.41) is 9.09. The van der Waals surface area contributed by atoms with Gasteiger partial charge >= 0.3 is 0 Å². The van der Waals surface area contributed by atoms with Crippen molar-refractivity contribution in [2.75, 3.05) is 7.11 Å². The first-order valence-corrected chi connectivity index (χ1v) is 5.62. The Morgan fingerprint density at radius 2 is 2.15 bits per heavy atom. The van der Waals surface area contributed by atoms with Gasteiger partial charge in [0.05, 0.1) is 23.9 Å². The molecule has 0 unspecified atom stereocenters. The fourth-order valence-electron chi connectivity index (χ4n) is 1.78. The minimum atomic E-state index is -0.758. The van der Waals surface area contributed by atoms with Crippen LogP contribution in [0.2, 0.25) is 0 Å². The predicted molar refractivity (Wildman–Crippen MR) is 69.4 cm³/mol. The third-order valence-corrected chi connectivity index (χ3v) is 2.70. The van der Waals surface area contributed by atoms with Gasteiger partial charge in [-0.3, -0.25) is 4.79 Å². The van der Waals surface area contributed by atoms with Crippen LogP contribution >= 0.6 is 0 Å². The number of aromatic nitrogens is 1. The Bertz CT molecular complexity index is 723. The summed E-state index contributed by atoms with van der Waals surface area (Å²) in [4.78, 5) is 15.1. The summed E-state index contributed by atoms with van der Waals surface area (Å²) >= 11 is 0. The van der Waals surface area contributed by atoms with Crippen LogP contribution < -0.4 is 10.5 Å². The van der Waals surface area contributed by atoms with E-state index in [2.05, 4.69) is 4.98 Å². The van der Waals surface area contributed by atoms with Gasteiger partial charge in [0.2, 0.25) is 0 Å². The average Bonchev–Trinajstić information content (AvgIpc) is 2.46. The standard InChI is InChI=1S/C14H10FN3O2/c1-20-11-4-2-3-9(15)12(11)13-8(7-16)5-6-10(18-13)14(17)19/h2-6H,1H3,(H2,17,19). The molecule has 0 bridgehead atoms. The topological polar surface area (TPSA) is 89.0 Å². The second kappa shape index (κ2) is 5.36. The SMILES string of the molecule is COc1cccc(F)c1-c1nc(C(N)=O)ccc1C#N. The molecule has 0 radical (unpaired) electrons. The third kappa shape index (κ3) is 2.29. The van der Waals surface area contributed by atoms with E-state index in [0.717, 1.165) is 0 Å². The summed E-state index contributed by atoms with van der Waals surface area (Å²) in [5.41, 5.74) is 5.27. The van der Waals surface area contributed by atoms with E-state index >= 15 is 0 Å². The number of nitriles is 1. The van der Waals surface area contributed by atoms with Crippen molar-refractivity contribution in [1.29, 1.82) is 5.26 Å². The molecule has 1 aromatic heterocycles. The van der Waals surface area contributed by atoms with E-state index < -0.39 is 11.7 Å². The van der Waals surface area contributed by atoms with Crippen LogP contribution in [0.1, 0.15) is 16.1 Å². The number of pyridine rings is 1. The van der Waals surface area contributed by atoms with Crippen molar-refractivity contribution in [2.24, 2.45) is 5.73 Å². The predicted octanol–water partition coefficient (Wildman–Crippen LogP) is 1.87. The Morgan fingerprint density at radius 1 is 1.40 bits per heavy atom. The van der Waals surface area contributed by atoms with Gasteiger partial charge in [-0.2, -0.15) is 5.26 Å². The Kier molecular flexibility index (Phi) is 3.62. The number of carbonyl (C=O) groups excluding carboxylic acids is 1. The number of hydrogen-bond donors (Lipinski definition) is 1. The van der Waals surface area contributed by atoms with Gasteiger partial charge in [-0.25, -0.2) is 9.37 Å². The number of methoxy groups -OCH3 is 1. The molecule has 100 valence electrons. The molecule has 0 atom stereocenters. The molecule has 1 aromatic carbocycles. The Hall–Kier alpha value is -2.94. The number of hydrogen-bond acceptors (Lipinski definition) is 4. The molecule has 0 saturated heterocycles. The number of amides is 1. The summed E-state index contributed by atoms with van der Waals surface area (Å²) < 4.78 is 19.1. The minimum Gasteiger partial charge on any atom is -0.496 e. The number of carbonyl (C=O) groups is 1. The van der Waals surface area contributed by atoms with E-state index in [1.54, 1.807) is 0 Å². The maximum absolute atomic E-state index is 14.0. The molecular formula is C14H10FN3O2. The van der Waals surface area contributed by atoms with Crippen LogP contribution in [-0.2, 0) is 0 Å². The van der Waals surface area contributed by atoms with Crippen LogP contribution in [0.3, 0.4) is 0 Å². The molecule has 1 amide bonds. The van der Waals surface area contributed by atoms with Crippen molar-refractivity contribution >= 4 is 5.91 Å². The molecule has 5 nitrogen and oxygen atoms in total. The van der Waals surface area contributed by atoms with Gasteiger partial charge in [0.25, 0.3) is 5.91 Å². The molecule has 2 rings (SSSR count). The van der Waals surface area contributed by atoms with E-state index in [1.165, 1.54) is 37.4 Å². The van der Waals surface area contributed by atoms with Crippen molar-refractivity contribution in [3.05, 3.63) is 47.4 Å². The highest BCUT2D eigenvalue weighted by molar-refractivity contribution is 5.92. The lowest BCUT2D eigenvalue weighted by Crippen LogP contribution is -2.14. The van der Waals surface area contributed by atoms with Gasteiger partial charge in [0.15, 0.2) is 0 Å². The lowest BCUT2D eigenvalue weighted by molar-refractivity contribution is 0.0995. The number of nitrogens with zero attached hydrogens (tertiary/aromatic N) is 2. The first-order chi connectivity index (χ1) is 9.58. The molecule has 0 saturated carbocycles. The normalized spacial score (nSPS) is 9.85. The van der Waals surface area contributed by atoms with E-state index in [1.807, 2.05) is 6.07 Å². The average molecular weight is 271 g/mol. The third-order valence-electron chi connectivity index (χ3n) is 2.70. The maximum atomic E-state index is 14.0. The van der Waals surface area contributed by atoms with E-state index in [4.69, 9.17) is 15.7 Å². The van der Waals surface area contributed by atoms with Gasteiger partial charge in [0.1, 0.15) is 23.3 Å². The number of benzene rings is 1. The molecule has 20 heavy (non-hydrogen) atoms. The van der Waals surface area contributed by atoms with Gasteiger partial charge in [-0.05, 0) is 24.3 Å². The van der Waals surface area contributed by atoms with E-state index in [0.29, 0.717) is 0 Å². The van der Waals surface area contributed by atoms with Crippen LogP contribution in [0.15, 0.2) is 30.3 Å². The fourth-order valence-corrected chi connectivity index (χ4v) is 1.78. The number of halogens is 1. The number of rotatable bonds is 3. The monoisotopic (exact) mass is 271 g/mol. The van der Waals surface area contributed by atoms with Crippen molar-refractivity contribution in [3.63, 3.8) is 0 Å². The van der Waals surface area contributed by atoms with Crippen LogP contribution in [0.25, 0.3) is 11.3 Å². The van der Waals surface area contributed by atoms with E-state index in [9.17, 15) is 9.18 Å². The van der Waals surface area contributed by atoms with Crippen LogP contribution in [0.5, 0.6) is 5.75 Å². The van der Waals surface area contributed by atoms with Crippen LogP contribution in [0, 0.1) is 17.1 Å². The molecule has 2 N–H and O–H groups in total. The zero-order valence-corrected chi connectivity index (χ0v) is 10.6. The van der Waals surface area contributed by atoms with Crippen molar-refractivity contribution in [1.82, 2.24) is 4.98 Å². The zero-order valence-electron chi connectivity index (χ0n) is 10.6. The van der Waals surface area contributed by atoms with Crippen molar-refractivity contribution in [3.8, 4) is 23.1 Å².